The average Bonchev–Trinajstić information content (AvgIpc) is 2.82. The van der Waals surface area contributed by atoms with Gasteiger partial charge in [-0.05, 0) is 40.0 Å². The maximum absolute atomic E-state index is 12.3. The number of thioether (sulfide) groups is 1. The lowest BCUT2D eigenvalue weighted by Crippen LogP contribution is -2.65. The van der Waals surface area contributed by atoms with Gasteiger partial charge in [-0.1, -0.05) is 79.6 Å². The Morgan fingerprint density at radius 3 is 2.03 bits per heavy atom. The Labute approximate surface area is 194 Å². The second kappa shape index (κ2) is 10.4. The van der Waals surface area contributed by atoms with Crippen LogP contribution >= 0.6 is 11.8 Å². The average molecular weight is 474 g/mol. The first kappa shape index (κ1) is 24.8. The Kier molecular flexibility index (Phi) is 8.05. The van der Waals surface area contributed by atoms with Gasteiger partial charge in [-0.25, -0.2) is 0 Å². The smallest absolute Gasteiger partial charge is 0.258 e. The van der Waals surface area contributed by atoms with Crippen molar-refractivity contribution in [2.45, 2.75) is 61.5 Å². The second-order valence-corrected chi connectivity index (χ2v) is 13.7. The van der Waals surface area contributed by atoms with Crippen LogP contribution in [0.15, 0.2) is 65.8 Å². The topological polar surface area (TPSA) is 119 Å². The molecule has 2 aromatic rings. The molecule has 0 aromatic heterocycles. The first-order valence-electron chi connectivity index (χ1n) is 10.7. The lowest BCUT2D eigenvalue weighted by atomic mass is 9.93. The van der Waals surface area contributed by atoms with Gasteiger partial charge in [0.05, 0.1) is 12.2 Å². The lowest BCUT2D eigenvalue weighted by Gasteiger charge is -2.44. The van der Waals surface area contributed by atoms with Crippen LogP contribution in [0.2, 0.25) is 5.04 Å². The van der Waals surface area contributed by atoms with Gasteiger partial charge in [0.1, 0.15) is 17.6 Å². The number of benzene rings is 2. The molecule has 0 aliphatic carbocycles. The minimum atomic E-state index is -3.18. The van der Waals surface area contributed by atoms with Crippen molar-refractivity contribution < 1.29 is 19.7 Å². The van der Waals surface area contributed by atoms with Gasteiger partial charge in [0.25, 0.3) is 8.32 Å². The Hall–Kier alpha value is -1.84. The van der Waals surface area contributed by atoms with Crippen LogP contribution in [-0.4, -0.2) is 59.4 Å². The molecule has 9 heteroatoms. The Bertz CT molecular complexity index is 886. The van der Waals surface area contributed by atoms with Crippen molar-refractivity contribution in [1.29, 1.82) is 0 Å². The van der Waals surface area contributed by atoms with Gasteiger partial charge in [0.15, 0.2) is 0 Å². The van der Waals surface area contributed by atoms with E-state index in [0.29, 0.717) is 12.8 Å². The van der Waals surface area contributed by atoms with E-state index in [0.717, 1.165) is 10.4 Å². The predicted molar refractivity (Wildman–Crippen MR) is 131 cm³/mol. The van der Waals surface area contributed by atoms with Crippen molar-refractivity contribution in [3.63, 3.8) is 0 Å². The largest absolute Gasteiger partial charge is 0.424 e. The maximum atomic E-state index is 12.3. The molecule has 1 aliphatic heterocycles. The summed E-state index contributed by atoms with van der Waals surface area (Å²) in [5.74, 6) is 0. The van der Waals surface area contributed by atoms with Crippen molar-refractivity contribution in [1.82, 2.24) is 0 Å². The van der Waals surface area contributed by atoms with Crippen LogP contribution in [0.3, 0.4) is 0 Å². The van der Waals surface area contributed by atoms with E-state index in [9.17, 15) is 15.0 Å². The summed E-state index contributed by atoms with van der Waals surface area (Å²) in [5, 5.41) is 26.2. The molecule has 3 N–H and O–H groups in total. The molecule has 3 unspecified atom stereocenters. The zero-order valence-electron chi connectivity index (χ0n) is 18.6. The summed E-state index contributed by atoms with van der Waals surface area (Å²) in [6, 6.07) is 18.7. The summed E-state index contributed by atoms with van der Waals surface area (Å²) in [6.45, 7) is 4.11. The molecule has 7 nitrogen and oxygen atoms in total. The van der Waals surface area contributed by atoms with Crippen LogP contribution in [-0.2, 0) is 4.74 Å². The van der Waals surface area contributed by atoms with Crippen molar-refractivity contribution in [2.75, 3.05) is 6.26 Å². The summed E-state index contributed by atoms with van der Waals surface area (Å²) >= 11 is 1.34. The molecule has 1 aliphatic rings. The van der Waals surface area contributed by atoms with Gasteiger partial charge in [-0.15, -0.1) is 11.8 Å². The van der Waals surface area contributed by atoms with E-state index in [-0.39, 0.29) is 0 Å². The molecule has 1 heterocycles. The van der Waals surface area contributed by atoms with Crippen molar-refractivity contribution >= 4 is 30.5 Å². The molecule has 1 fully saturated rings. The third-order valence-electron chi connectivity index (χ3n) is 6.50. The van der Waals surface area contributed by atoms with Crippen molar-refractivity contribution in [3.8, 4) is 0 Å². The second-order valence-electron chi connectivity index (χ2n) is 8.82. The predicted octanol–water partition coefficient (Wildman–Crippen LogP) is 2.79. The molecular formula is C23H31N3O4SSi. The number of hydrogen-bond acceptors (Lipinski definition) is 6. The monoisotopic (exact) mass is 473 g/mol. The fraction of sp³-hybridized carbons (Fsp3) is 0.478. The normalized spacial score (nSPS) is 26.4. The maximum Gasteiger partial charge on any atom is 0.258 e. The Balaban J connectivity index is 1.87. The molecule has 2 aromatic carbocycles. The van der Waals surface area contributed by atoms with Crippen LogP contribution in [0, 0.1) is 0 Å². The van der Waals surface area contributed by atoms with Gasteiger partial charge < -0.3 is 19.7 Å². The van der Waals surface area contributed by atoms with E-state index in [4.69, 9.17) is 10.3 Å². The molecular weight excluding hydrogens is 442 g/mol. The Morgan fingerprint density at radius 1 is 1.03 bits per heavy atom. The van der Waals surface area contributed by atoms with E-state index < -0.39 is 43.1 Å². The van der Waals surface area contributed by atoms with Gasteiger partial charge in [-0.2, -0.15) is 0 Å². The van der Waals surface area contributed by atoms with Gasteiger partial charge in [0.2, 0.25) is 0 Å². The molecule has 1 saturated heterocycles. The first-order chi connectivity index (χ1) is 15.3. The highest BCUT2D eigenvalue weighted by atomic mass is 32.2. The summed E-state index contributed by atoms with van der Waals surface area (Å²) in [6.07, 6.45) is -0.178. The minimum Gasteiger partial charge on any atom is -0.424 e. The minimum absolute atomic E-state index is 0.445. The zero-order valence-corrected chi connectivity index (χ0v) is 20.4. The highest BCUT2D eigenvalue weighted by Crippen LogP contribution is 2.42. The molecule has 0 radical (unpaired) electrons. The van der Waals surface area contributed by atoms with Crippen LogP contribution in [0.5, 0.6) is 0 Å². The molecule has 0 bridgehead atoms. The summed E-state index contributed by atoms with van der Waals surface area (Å²) in [7, 11) is -3.18. The third-order valence-corrected chi connectivity index (χ3v) is 11.9. The number of rotatable bonds is 8. The van der Waals surface area contributed by atoms with Gasteiger partial charge in [-0.3, -0.25) is 0 Å². The fourth-order valence-electron chi connectivity index (χ4n) is 4.52. The van der Waals surface area contributed by atoms with Crippen molar-refractivity contribution in [3.05, 3.63) is 71.1 Å². The van der Waals surface area contributed by atoms with E-state index in [1.807, 2.05) is 66.9 Å². The van der Waals surface area contributed by atoms with E-state index >= 15 is 0 Å². The lowest BCUT2D eigenvalue weighted by molar-refractivity contribution is -0.156. The molecule has 32 heavy (non-hydrogen) atoms. The Morgan fingerprint density at radius 2 is 1.56 bits per heavy atom. The van der Waals surface area contributed by atoms with E-state index in [1.165, 1.54) is 11.8 Å². The fourth-order valence-corrected chi connectivity index (χ4v) is 9.02. The molecule has 5 atom stereocenters. The number of azide groups is 1. The molecule has 3 rings (SSSR count). The van der Waals surface area contributed by atoms with E-state index in [1.54, 1.807) is 0 Å². The van der Waals surface area contributed by atoms with Crippen LogP contribution in [0.1, 0.15) is 26.7 Å². The molecule has 0 spiro atoms. The van der Waals surface area contributed by atoms with Crippen LogP contribution in [0.25, 0.3) is 10.4 Å². The highest BCUT2D eigenvalue weighted by Gasteiger charge is 2.51. The third kappa shape index (κ3) is 4.74. The van der Waals surface area contributed by atoms with Crippen LogP contribution in [0.4, 0.5) is 0 Å². The highest BCUT2D eigenvalue weighted by molar-refractivity contribution is 7.99. The summed E-state index contributed by atoms with van der Waals surface area (Å²) in [4.78, 5) is 15.1. The standard InChI is InChI=1S/C23H31N3O4SSi/c1-23(2,15-14-18-20(27)21(28)19(25-26-24)22(30-18)31-3)32(29,16-10-6-4-7-11-16)17-12-8-5-9-13-17/h4-13,18-22,27-29H,14-15H2,1-3H3/t18?,19?,20-,21?,22+/m1/s1. The van der Waals surface area contributed by atoms with Gasteiger partial charge in [0, 0.05) is 4.91 Å². The van der Waals surface area contributed by atoms with Crippen molar-refractivity contribution in [2.24, 2.45) is 5.11 Å². The summed E-state index contributed by atoms with van der Waals surface area (Å²) in [5.41, 5.74) is 8.25. The molecule has 0 amide bonds. The van der Waals surface area contributed by atoms with Gasteiger partial charge >= 0.3 is 0 Å². The molecule has 172 valence electrons. The quantitative estimate of drug-likeness (QED) is 0.236. The number of ether oxygens (including phenoxy) is 1. The number of nitrogens with zero attached hydrogens (tertiary/aromatic N) is 3. The number of hydrogen-bond donors (Lipinski definition) is 3. The zero-order chi connectivity index (χ0) is 23.4. The molecule has 0 saturated carbocycles. The summed E-state index contributed by atoms with van der Waals surface area (Å²) < 4.78 is 6.02. The van der Waals surface area contributed by atoms with E-state index in [2.05, 4.69) is 23.9 Å². The SMILES string of the molecule is CS[C@@H]1OC(CCC(C)(C)[Si](O)(c2ccccc2)c2ccccc2)[C@@H](O)C(O)C1N=[N+]=[N-]. The first-order valence-corrected chi connectivity index (χ1v) is 13.9. The number of aliphatic hydroxyl groups excluding tert-OH is 2. The van der Waals surface area contributed by atoms with Crippen LogP contribution < -0.4 is 10.4 Å². The number of aliphatic hydroxyl groups is 2.